The molecule has 0 bridgehead atoms. The number of hydrogen-bond acceptors (Lipinski definition) is 3. The first-order valence-corrected chi connectivity index (χ1v) is 8.67. The van der Waals surface area contributed by atoms with Crippen molar-refractivity contribution in [2.24, 2.45) is 0 Å². The Hall–Kier alpha value is -2.58. The molecule has 4 rings (SSSR count). The highest BCUT2D eigenvalue weighted by Crippen LogP contribution is 2.46. The largest absolute Gasteiger partial charge is 0.477 e. The number of alkyl halides is 3. The zero-order chi connectivity index (χ0) is 19.5. The van der Waals surface area contributed by atoms with Crippen molar-refractivity contribution >= 4 is 22.6 Å². The van der Waals surface area contributed by atoms with E-state index >= 15 is 0 Å². The highest BCUT2D eigenvalue weighted by Gasteiger charge is 2.42. The van der Waals surface area contributed by atoms with Crippen molar-refractivity contribution in [1.82, 2.24) is 4.57 Å². The molecular weight excluding hydrogens is 368 g/mol. The van der Waals surface area contributed by atoms with Crippen LogP contribution in [0, 0.1) is 5.82 Å². The zero-order valence-corrected chi connectivity index (χ0v) is 14.1. The van der Waals surface area contributed by atoms with Gasteiger partial charge in [-0.1, -0.05) is 0 Å². The summed E-state index contributed by atoms with van der Waals surface area (Å²) in [5.41, 5.74) is -3.93. The van der Waals surface area contributed by atoms with E-state index in [1.54, 1.807) is 0 Å². The van der Waals surface area contributed by atoms with E-state index in [4.69, 9.17) is 0 Å². The third kappa shape index (κ3) is 2.85. The second-order valence-corrected chi connectivity index (χ2v) is 6.99. The molecule has 0 spiro atoms. The van der Waals surface area contributed by atoms with E-state index in [9.17, 15) is 32.3 Å². The predicted octanol–water partition coefficient (Wildman–Crippen LogP) is 3.79. The van der Waals surface area contributed by atoms with Gasteiger partial charge in [0.05, 0.1) is 16.6 Å². The Labute approximate surface area is 150 Å². The number of aromatic carboxylic acids is 1. The van der Waals surface area contributed by atoms with E-state index in [2.05, 4.69) is 0 Å². The Balaban J connectivity index is 2.17. The molecule has 1 saturated heterocycles. The van der Waals surface area contributed by atoms with Gasteiger partial charge < -0.3 is 14.6 Å². The molecular formula is C18H16F4N2O3. The number of nitrogens with zero attached hydrogens (tertiary/aromatic N) is 2. The number of anilines is 1. The Morgan fingerprint density at radius 2 is 1.81 bits per heavy atom. The molecule has 27 heavy (non-hydrogen) atoms. The maximum atomic E-state index is 14.8. The van der Waals surface area contributed by atoms with Crippen LogP contribution < -0.4 is 10.3 Å². The van der Waals surface area contributed by atoms with Gasteiger partial charge in [0.15, 0.2) is 0 Å². The summed E-state index contributed by atoms with van der Waals surface area (Å²) in [5, 5.41) is 8.69. The Morgan fingerprint density at radius 3 is 2.33 bits per heavy atom. The van der Waals surface area contributed by atoms with Crippen LogP contribution in [0.4, 0.5) is 23.2 Å². The predicted molar refractivity (Wildman–Crippen MR) is 89.8 cm³/mol. The molecule has 2 fully saturated rings. The number of pyridine rings is 1. The third-order valence-corrected chi connectivity index (χ3v) is 5.12. The summed E-state index contributed by atoms with van der Waals surface area (Å²) < 4.78 is 58.1. The minimum absolute atomic E-state index is 0.298. The molecule has 9 heteroatoms. The van der Waals surface area contributed by atoms with Crippen LogP contribution in [-0.2, 0) is 6.18 Å². The van der Waals surface area contributed by atoms with Gasteiger partial charge in [-0.25, -0.2) is 9.18 Å². The molecule has 1 aliphatic heterocycles. The number of rotatable bonds is 3. The van der Waals surface area contributed by atoms with Crippen LogP contribution in [0.25, 0.3) is 10.9 Å². The SMILES string of the molecule is O=C(O)c1cn(C2CC2)c2c(C(F)(F)F)c(N3CCCC3)c(F)cc2c1=O. The smallest absolute Gasteiger partial charge is 0.420 e. The number of carbonyl (C=O) groups is 1. The van der Waals surface area contributed by atoms with Crippen molar-refractivity contribution in [3.8, 4) is 0 Å². The van der Waals surface area contributed by atoms with Crippen LogP contribution in [-0.4, -0.2) is 28.7 Å². The Kier molecular flexibility index (Phi) is 3.94. The van der Waals surface area contributed by atoms with Gasteiger partial charge in [-0.05, 0) is 31.7 Å². The number of carboxylic acids is 1. The summed E-state index contributed by atoms with van der Waals surface area (Å²) in [6.45, 7) is 0.596. The minimum Gasteiger partial charge on any atom is -0.477 e. The molecule has 0 amide bonds. The second-order valence-electron chi connectivity index (χ2n) is 6.99. The summed E-state index contributed by atoms with van der Waals surface area (Å²) in [7, 11) is 0. The van der Waals surface area contributed by atoms with Crippen molar-refractivity contribution < 1.29 is 27.5 Å². The molecule has 5 nitrogen and oxygen atoms in total. The molecule has 0 radical (unpaired) electrons. The standard InChI is InChI=1S/C18H16F4N2O3/c19-12-7-10-14(13(18(20,21)22)15(12)23-5-1-2-6-23)24(9-3-4-9)8-11(16(10)25)17(26)27/h7-9H,1-6H2,(H,26,27). The fourth-order valence-electron chi connectivity index (χ4n) is 3.79. The maximum Gasteiger partial charge on any atom is 0.420 e. The fourth-order valence-corrected chi connectivity index (χ4v) is 3.79. The lowest BCUT2D eigenvalue weighted by Gasteiger charge is -2.26. The van der Waals surface area contributed by atoms with Crippen LogP contribution in [0.5, 0.6) is 0 Å². The second kappa shape index (κ2) is 5.97. The molecule has 0 unspecified atom stereocenters. The van der Waals surface area contributed by atoms with Gasteiger partial charge >= 0.3 is 12.1 Å². The first-order valence-electron chi connectivity index (χ1n) is 8.67. The van der Waals surface area contributed by atoms with Crippen molar-refractivity contribution in [3.63, 3.8) is 0 Å². The Morgan fingerprint density at radius 1 is 1.19 bits per heavy atom. The summed E-state index contributed by atoms with van der Waals surface area (Å²) >= 11 is 0. The molecule has 2 heterocycles. The summed E-state index contributed by atoms with van der Waals surface area (Å²) in [4.78, 5) is 25.2. The van der Waals surface area contributed by atoms with Crippen molar-refractivity contribution in [3.05, 3.63) is 39.4 Å². The molecule has 1 aliphatic carbocycles. The minimum atomic E-state index is -4.90. The topological polar surface area (TPSA) is 62.5 Å². The average Bonchev–Trinajstić information content (AvgIpc) is 3.27. The average molecular weight is 384 g/mol. The van der Waals surface area contributed by atoms with Crippen molar-refractivity contribution in [2.45, 2.75) is 37.9 Å². The Bertz CT molecular complexity index is 1000. The molecule has 1 saturated carbocycles. The monoisotopic (exact) mass is 384 g/mol. The first kappa shape index (κ1) is 17.8. The molecule has 2 aliphatic rings. The highest BCUT2D eigenvalue weighted by molar-refractivity contribution is 5.95. The van der Waals surface area contributed by atoms with E-state index in [0.29, 0.717) is 38.8 Å². The fraction of sp³-hybridized carbons (Fsp3) is 0.444. The lowest BCUT2D eigenvalue weighted by molar-refractivity contribution is -0.136. The van der Waals surface area contributed by atoms with Crippen LogP contribution in [0.3, 0.4) is 0 Å². The van der Waals surface area contributed by atoms with E-state index in [1.165, 1.54) is 9.47 Å². The molecule has 1 aromatic carbocycles. The van der Waals surface area contributed by atoms with Gasteiger partial charge in [-0.15, -0.1) is 0 Å². The lowest BCUT2D eigenvalue weighted by atomic mass is 10.0. The van der Waals surface area contributed by atoms with Crippen LogP contribution in [0.1, 0.15) is 47.6 Å². The van der Waals surface area contributed by atoms with Gasteiger partial charge in [0.2, 0.25) is 5.43 Å². The number of fused-ring (bicyclic) bond motifs is 1. The van der Waals surface area contributed by atoms with Crippen LogP contribution in [0.15, 0.2) is 17.1 Å². The third-order valence-electron chi connectivity index (χ3n) is 5.12. The van der Waals surface area contributed by atoms with E-state index in [0.717, 1.165) is 12.3 Å². The van der Waals surface area contributed by atoms with E-state index in [1.807, 2.05) is 0 Å². The van der Waals surface area contributed by atoms with Gasteiger partial charge in [0.1, 0.15) is 16.9 Å². The molecule has 1 N–H and O–H groups in total. The van der Waals surface area contributed by atoms with E-state index in [-0.39, 0.29) is 6.04 Å². The number of halogens is 4. The van der Waals surface area contributed by atoms with Crippen LogP contribution in [0.2, 0.25) is 0 Å². The number of aromatic nitrogens is 1. The lowest BCUT2D eigenvalue weighted by Crippen LogP contribution is -2.27. The zero-order valence-electron chi connectivity index (χ0n) is 14.1. The maximum absolute atomic E-state index is 14.8. The van der Waals surface area contributed by atoms with Crippen molar-refractivity contribution in [1.29, 1.82) is 0 Å². The van der Waals surface area contributed by atoms with Crippen LogP contribution >= 0.6 is 0 Å². The van der Waals surface area contributed by atoms with Gasteiger partial charge in [-0.3, -0.25) is 4.79 Å². The van der Waals surface area contributed by atoms with Gasteiger partial charge in [-0.2, -0.15) is 13.2 Å². The summed E-state index contributed by atoms with van der Waals surface area (Å²) in [6, 6.07) is 0.426. The number of benzene rings is 1. The molecule has 1 aromatic heterocycles. The normalized spacial score (nSPS) is 17.7. The van der Waals surface area contributed by atoms with Gasteiger partial charge in [0.25, 0.3) is 0 Å². The first-order chi connectivity index (χ1) is 12.7. The van der Waals surface area contributed by atoms with Gasteiger partial charge in [0, 0.05) is 25.3 Å². The molecule has 2 aromatic rings. The highest BCUT2D eigenvalue weighted by atomic mass is 19.4. The number of hydrogen-bond donors (Lipinski definition) is 1. The van der Waals surface area contributed by atoms with E-state index < -0.39 is 51.1 Å². The quantitative estimate of drug-likeness (QED) is 0.818. The summed E-state index contributed by atoms with van der Waals surface area (Å²) in [6.07, 6.45) is -1.47. The molecule has 0 atom stereocenters. The molecule has 144 valence electrons. The summed E-state index contributed by atoms with van der Waals surface area (Å²) in [5.74, 6) is -2.70. The number of carboxylic acid groups (broad SMARTS) is 1. The van der Waals surface area contributed by atoms with Crippen molar-refractivity contribution in [2.75, 3.05) is 18.0 Å².